The van der Waals surface area contributed by atoms with Crippen molar-refractivity contribution in [1.29, 1.82) is 0 Å². The molecule has 1 aliphatic carbocycles. The normalized spacial score (nSPS) is 16.9. The first-order valence-corrected chi connectivity index (χ1v) is 9.40. The van der Waals surface area contributed by atoms with Gasteiger partial charge in [-0.2, -0.15) is 0 Å². The van der Waals surface area contributed by atoms with E-state index in [4.69, 9.17) is 0 Å². The number of carbonyl (C=O) groups is 3. The van der Waals surface area contributed by atoms with Gasteiger partial charge in [0.05, 0.1) is 11.1 Å². The van der Waals surface area contributed by atoms with Crippen LogP contribution in [0.2, 0.25) is 0 Å². The first-order valence-electron chi connectivity index (χ1n) is 9.40. The SMILES string of the molecule is Cc1ccc2c(c1)C(=O)N([C@@H](C)C(=O)N(Cc1ccc(F)cc1)C1CC1)C2=O. The largest absolute Gasteiger partial charge is 0.334 e. The molecule has 0 bridgehead atoms. The van der Waals surface area contributed by atoms with E-state index in [1.54, 1.807) is 42.2 Å². The Morgan fingerprint density at radius 3 is 2.39 bits per heavy atom. The number of hydrogen-bond donors (Lipinski definition) is 0. The van der Waals surface area contributed by atoms with Crippen LogP contribution in [0.3, 0.4) is 0 Å². The maximum atomic E-state index is 13.2. The summed E-state index contributed by atoms with van der Waals surface area (Å²) in [5, 5.41) is 0. The van der Waals surface area contributed by atoms with Crippen LogP contribution in [-0.4, -0.2) is 39.6 Å². The highest BCUT2D eigenvalue weighted by atomic mass is 19.1. The quantitative estimate of drug-likeness (QED) is 0.748. The molecule has 0 saturated heterocycles. The summed E-state index contributed by atoms with van der Waals surface area (Å²) in [6.07, 6.45) is 1.78. The van der Waals surface area contributed by atoms with Gasteiger partial charge in [-0.05, 0) is 56.5 Å². The molecule has 0 spiro atoms. The standard InChI is InChI=1S/C22H21FN2O3/c1-13-3-10-18-19(11-13)22(28)25(21(18)27)14(2)20(26)24(17-8-9-17)12-15-4-6-16(23)7-5-15/h3-7,10-11,14,17H,8-9,12H2,1-2H3/t14-/m0/s1. The van der Waals surface area contributed by atoms with Crippen molar-refractivity contribution >= 4 is 17.7 Å². The molecule has 5 nitrogen and oxygen atoms in total. The van der Waals surface area contributed by atoms with Gasteiger partial charge < -0.3 is 4.90 Å². The lowest BCUT2D eigenvalue weighted by atomic mass is 10.1. The van der Waals surface area contributed by atoms with Gasteiger partial charge in [-0.3, -0.25) is 19.3 Å². The first-order chi connectivity index (χ1) is 13.4. The molecule has 0 N–H and O–H groups in total. The van der Waals surface area contributed by atoms with Crippen molar-refractivity contribution in [3.63, 3.8) is 0 Å². The Morgan fingerprint density at radius 1 is 1.11 bits per heavy atom. The summed E-state index contributed by atoms with van der Waals surface area (Å²) in [6.45, 7) is 3.78. The van der Waals surface area contributed by atoms with Crippen LogP contribution >= 0.6 is 0 Å². The fourth-order valence-electron chi connectivity index (χ4n) is 3.64. The van der Waals surface area contributed by atoms with Crippen LogP contribution in [-0.2, 0) is 11.3 Å². The lowest BCUT2D eigenvalue weighted by molar-refractivity contribution is -0.136. The minimum atomic E-state index is -0.895. The topological polar surface area (TPSA) is 57.7 Å². The van der Waals surface area contributed by atoms with Crippen LogP contribution < -0.4 is 0 Å². The van der Waals surface area contributed by atoms with E-state index in [1.165, 1.54) is 12.1 Å². The summed E-state index contributed by atoms with van der Waals surface area (Å²) in [5.74, 6) is -1.46. The monoisotopic (exact) mass is 380 g/mol. The molecule has 4 rings (SSSR count). The molecule has 1 aliphatic heterocycles. The smallest absolute Gasteiger partial charge is 0.262 e. The molecule has 0 radical (unpaired) electrons. The molecule has 2 aliphatic rings. The summed E-state index contributed by atoms with van der Waals surface area (Å²) >= 11 is 0. The second-order valence-electron chi connectivity index (χ2n) is 7.53. The second-order valence-corrected chi connectivity index (χ2v) is 7.53. The number of carbonyl (C=O) groups excluding carboxylic acids is 3. The number of imide groups is 1. The van der Waals surface area contributed by atoms with Crippen LogP contribution in [0.15, 0.2) is 42.5 Å². The Hall–Kier alpha value is -3.02. The van der Waals surface area contributed by atoms with Crippen LogP contribution in [0.1, 0.15) is 51.6 Å². The van der Waals surface area contributed by atoms with E-state index in [1.807, 2.05) is 6.92 Å². The molecule has 3 amide bonds. The lowest BCUT2D eigenvalue weighted by Crippen LogP contribution is -2.49. The number of nitrogens with zero attached hydrogens (tertiary/aromatic N) is 2. The second kappa shape index (κ2) is 6.86. The van der Waals surface area contributed by atoms with Gasteiger partial charge >= 0.3 is 0 Å². The molecule has 144 valence electrons. The van der Waals surface area contributed by atoms with E-state index < -0.39 is 17.9 Å². The number of aryl methyl sites for hydroxylation is 1. The van der Waals surface area contributed by atoms with E-state index in [-0.39, 0.29) is 17.8 Å². The van der Waals surface area contributed by atoms with E-state index >= 15 is 0 Å². The summed E-state index contributed by atoms with van der Waals surface area (Å²) in [4.78, 5) is 41.5. The Balaban J connectivity index is 1.57. The molecule has 2 aromatic carbocycles. The lowest BCUT2D eigenvalue weighted by Gasteiger charge is -2.29. The predicted octanol–water partition coefficient (Wildman–Crippen LogP) is 3.31. The molecule has 28 heavy (non-hydrogen) atoms. The van der Waals surface area contributed by atoms with Gasteiger partial charge in [0.15, 0.2) is 0 Å². The zero-order valence-corrected chi connectivity index (χ0v) is 15.8. The van der Waals surface area contributed by atoms with E-state index in [2.05, 4.69) is 0 Å². The Kier molecular flexibility index (Phi) is 4.49. The molecular weight excluding hydrogens is 359 g/mol. The van der Waals surface area contributed by atoms with Crippen molar-refractivity contribution in [3.8, 4) is 0 Å². The minimum absolute atomic E-state index is 0.0948. The van der Waals surface area contributed by atoms with Crippen molar-refractivity contribution in [2.75, 3.05) is 0 Å². The number of rotatable bonds is 5. The highest BCUT2D eigenvalue weighted by Crippen LogP contribution is 2.31. The van der Waals surface area contributed by atoms with Crippen molar-refractivity contribution < 1.29 is 18.8 Å². The Labute approximate surface area is 162 Å². The third kappa shape index (κ3) is 3.19. The predicted molar refractivity (Wildman–Crippen MR) is 101 cm³/mol. The Bertz CT molecular complexity index is 966. The minimum Gasteiger partial charge on any atom is -0.334 e. The maximum Gasteiger partial charge on any atom is 0.262 e. The number of benzene rings is 2. The van der Waals surface area contributed by atoms with E-state index in [9.17, 15) is 18.8 Å². The summed E-state index contributed by atoms with van der Waals surface area (Å²) in [5.41, 5.74) is 2.39. The van der Waals surface area contributed by atoms with Crippen LogP contribution in [0.5, 0.6) is 0 Å². The number of halogens is 1. The molecule has 1 heterocycles. The first kappa shape index (κ1) is 18.3. The van der Waals surface area contributed by atoms with Crippen molar-refractivity contribution in [2.24, 2.45) is 0 Å². The molecule has 1 fully saturated rings. The highest BCUT2D eigenvalue weighted by molar-refractivity contribution is 6.22. The van der Waals surface area contributed by atoms with E-state index in [0.717, 1.165) is 28.9 Å². The molecule has 0 unspecified atom stereocenters. The van der Waals surface area contributed by atoms with Gasteiger partial charge in [0, 0.05) is 12.6 Å². The summed E-state index contributed by atoms with van der Waals surface area (Å²) in [6, 6.07) is 10.3. The third-order valence-electron chi connectivity index (χ3n) is 5.36. The number of hydrogen-bond acceptors (Lipinski definition) is 3. The van der Waals surface area contributed by atoms with Gasteiger partial charge in [0.1, 0.15) is 11.9 Å². The van der Waals surface area contributed by atoms with Crippen molar-refractivity contribution in [1.82, 2.24) is 9.80 Å². The number of amides is 3. The molecule has 6 heteroatoms. The highest BCUT2D eigenvalue weighted by Gasteiger charge is 2.44. The fraction of sp³-hybridized carbons (Fsp3) is 0.318. The Morgan fingerprint density at radius 2 is 1.75 bits per heavy atom. The zero-order chi connectivity index (χ0) is 20.0. The van der Waals surface area contributed by atoms with Crippen LogP contribution in [0, 0.1) is 12.7 Å². The maximum absolute atomic E-state index is 13.2. The van der Waals surface area contributed by atoms with Crippen LogP contribution in [0.4, 0.5) is 4.39 Å². The van der Waals surface area contributed by atoms with Gasteiger partial charge in [-0.15, -0.1) is 0 Å². The number of fused-ring (bicyclic) bond motifs is 1. The van der Waals surface area contributed by atoms with Gasteiger partial charge in [0.25, 0.3) is 11.8 Å². The van der Waals surface area contributed by atoms with Crippen LogP contribution in [0.25, 0.3) is 0 Å². The summed E-state index contributed by atoms with van der Waals surface area (Å²) in [7, 11) is 0. The van der Waals surface area contributed by atoms with Gasteiger partial charge in [-0.25, -0.2) is 4.39 Å². The average molecular weight is 380 g/mol. The zero-order valence-electron chi connectivity index (χ0n) is 15.8. The van der Waals surface area contributed by atoms with Crippen molar-refractivity contribution in [3.05, 3.63) is 70.5 Å². The fourth-order valence-corrected chi connectivity index (χ4v) is 3.64. The third-order valence-corrected chi connectivity index (χ3v) is 5.36. The molecule has 2 aromatic rings. The average Bonchev–Trinajstić information content (AvgIpc) is 3.48. The van der Waals surface area contributed by atoms with Gasteiger partial charge in [-0.1, -0.05) is 23.8 Å². The molecule has 0 aromatic heterocycles. The van der Waals surface area contributed by atoms with Crippen molar-refractivity contribution in [2.45, 2.75) is 45.3 Å². The van der Waals surface area contributed by atoms with E-state index in [0.29, 0.717) is 17.7 Å². The molecular formula is C22H21FN2O3. The summed E-state index contributed by atoms with van der Waals surface area (Å²) < 4.78 is 13.2. The molecule has 1 saturated carbocycles. The molecule has 1 atom stereocenters. The van der Waals surface area contributed by atoms with Gasteiger partial charge in [0.2, 0.25) is 5.91 Å².